The van der Waals surface area contributed by atoms with Crippen molar-refractivity contribution in [3.63, 3.8) is 0 Å². The molecule has 2 aliphatic rings. The highest BCUT2D eigenvalue weighted by molar-refractivity contribution is 5.92. The molecule has 0 radical (unpaired) electrons. The molecule has 0 bridgehead atoms. The van der Waals surface area contributed by atoms with Gasteiger partial charge in [-0.15, -0.1) is 0 Å². The van der Waals surface area contributed by atoms with Gasteiger partial charge in [0.05, 0.1) is 11.5 Å². The summed E-state index contributed by atoms with van der Waals surface area (Å²) in [5, 5.41) is 9.32. The van der Waals surface area contributed by atoms with Gasteiger partial charge in [-0.25, -0.2) is 0 Å². The minimum atomic E-state index is -0.405. The summed E-state index contributed by atoms with van der Waals surface area (Å²) in [6.45, 7) is 4.01. The highest BCUT2D eigenvalue weighted by Gasteiger charge is 2.49. The third kappa shape index (κ3) is 1.33. The van der Waals surface area contributed by atoms with Gasteiger partial charge >= 0.3 is 0 Å². The molecule has 0 aromatic heterocycles. The number of nitriles is 1. The lowest BCUT2D eigenvalue weighted by molar-refractivity contribution is -0.124. The SMILES string of the molecule is CC1(C#N)CCCCC2(C)C(=O)CC=C12. The molecule has 0 N–H and O–H groups in total. The van der Waals surface area contributed by atoms with Crippen LogP contribution in [-0.4, -0.2) is 5.78 Å². The smallest absolute Gasteiger partial charge is 0.146 e. The van der Waals surface area contributed by atoms with Crippen LogP contribution >= 0.6 is 0 Å². The number of hydrogen-bond acceptors (Lipinski definition) is 2. The quantitative estimate of drug-likeness (QED) is 0.568. The number of allylic oxidation sites excluding steroid dienone is 2. The van der Waals surface area contributed by atoms with Crippen molar-refractivity contribution in [1.29, 1.82) is 5.26 Å². The fourth-order valence-corrected chi connectivity index (χ4v) is 3.11. The van der Waals surface area contributed by atoms with Crippen LogP contribution in [0, 0.1) is 22.2 Å². The van der Waals surface area contributed by atoms with Crippen LogP contribution in [0.3, 0.4) is 0 Å². The van der Waals surface area contributed by atoms with Crippen molar-refractivity contribution >= 4 is 5.78 Å². The summed E-state index contributed by atoms with van der Waals surface area (Å²) >= 11 is 0. The monoisotopic (exact) mass is 203 g/mol. The van der Waals surface area contributed by atoms with Crippen LogP contribution in [0.25, 0.3) is 0 Å². The highest BCUT2D eigenvalue weighted by atomic mass is 16.1. The Balaban J connectivity index is 2.49. The molecule has 80 valence electrons. The number of rotatable bonds is 0. The zero-order valence-corrected chi connectivity index (χ0v) is 9.47. The van der Waals surface area contributed by atoms with Crippen molar-refractivity contribution in [2.75, 3.05) is 0 Å². The normalized spacial score (nSPS) is 40.3. The maximum atomic E-state index is 11.9. The Morgan fingerprint density at radius 1 is 1.33 bits per heavy atom. The van der Waals surface area contributed by atoms with Crippen LogP contribution in [0.1, 0.15) is 46.0 Å². The predicted octanol–water partition coefficient (Wildman–Crippen LogP) is 3.00. The van der Waals surface area contributed by atoms with Crippen molar-refractivity contribution < 1.29 is 4.79 Å². The highest BCUT2D eigenvalue weighted by Crippen LogP contribution is 2.52. The molecule has 2 nitrogen and oxygen atoms in total. The van der Waals surface area contributed by atoms with Gasteiger partial charge in [0.25, 0.3) is 0 Å². The molecule has 0 spiro atoms. The van der Waals surface area contributed by atoms with Crippen LogP contribution in [0.5, 0.6) is 0 Å². The number of carbonyl (C=O) groups excluding carboxylic acids is 1. The van der Waals surface area contributed by atoms with Crippen molar-refractivity contribution in [3.8, 4) is 6.07 Å². The Bertz CT molecular complexity index is 376. The number of carbonyl (C=O) groups is 1. The maximum Gasteiger partial charge on any atom is 0.146 e. The van der Waals surface area contributed by atoms with Crippen LogP contribution in [0.2, 0.25) is 0 Å². The number of Topliss-reactive ketones (excluding diaryl/α,β-unsaturated/α-hetero) is 1. The lowest BCUT2D eigenvalue weighted by Crippen LogP contribution is -2.31. The lowest BCUT2D eigenvalue weighted by atomic mass is 9.69. The van der Waals surface area contributed by atoms with E-state index in [0.717, 1.165) is 31.3 Å². The van der Waals surface area contributed by atoms with E-state index in [0.29, 0.717) is 12.2 Å². The molecule has 0 saturated heterocycles. The van der Waals surface area contributed by atoms with E-state index in [1.54, 1.807) is 0 Å². The fraction of sp³-hybridized carbons (Fsp3) is 0.692. The van der Waals surface area contributed by atoms with Gasteiger partial charge in [-0.1, -0.05) is 18.9 Å². The van der Waals surface area contributed by atoms with E-state index < -0.39 is 5.41 Å². The molecular weight excluding hydrogens is 186 g/mol. The van der Waals surface area contributed by atoms with Crippen LogP contribution in [0.4, 0.5) is 0 Å². The van der Waals surface area contributed by atoms with E-state index in [1.165, 1.54) is 0 Å². The average molecular weight is 203 g/mol. The van der Waals surface area contributed by atoms with Crippen LogP contribution < -0.4 is 0 Å². The zero-order valence-electron chi connectivity index (χ0n) is 9.47. The summed E-state index contributed by atoms with van der Waals surface area (Å²) in [6, 6.07) is 2.42. The Labute approximate surface area is 91.0 Å². The molecule has 0 aliphatic heterocycles. The van der Waals surface area contributed by atoms with Crippen LogP contribution in [-0.2, 0) is 4.79 Å². The molecule has 0 aromatic carbocycles. The average Bonchev–Trinajstić information content (AvgIpc) is 2.43. The summed E-state index contributed by atoms with van der Waals surface area (Å²) in [5.74, 6) is 0.306. The molecule has 15 heavy (non-hydrogen) atoms. The second-order valence-electron chi connectivity index (χ2n) is 5.23. The van der Waals surface area contributed by atoms with Gasteiger partial charge in [0.1, 0.15) is 5.78 Å². The van der Waals surface area contributed by atoms with Crippen molar-refractivity contribution in [2.45, 2.75) is 46.0 Å². The van der Waals surface area contributed by atoms with Crippen molar-refractivity contribution in [1.82, 2.24) is 0 Å². The molecule has 2 unspecified atom stereocenters. The first-order chi connectivity index (χ1) is 7.03. The van der Waals surface area contributed by atoms with E-state index in [4.69, 9.17) is 0 Å². The van der Waals surface area contributed by atoms with E-state index in [1.807, 2.05) is 19.9 Å². The molecule has 1 fully saturated rings. The lowest BCUT2D eigenvalue weighted by Gasteiger charge is -2.32. The fourth-order valence-electron chi connectivity index (χ4n) is 3.11. The predicted molar refractivity (Wildman–Crippen MR) is 58.0 cm³/mol. The van der Waals surface area contributed by atoms with Gasteiger partial charge in [-0.05, 0) is 32.3 Å². The Hall–Kier alpha value is -1.10. The molecule has 2 heteroatoms. The van der Waals surface area contributed by atoms with Gasteiger partial charge in [0.15, 0.2) is 0 Å². The second-order valence-corrected chi connectivity index (χ2v) is 5.23. The van der Waals surface area contributed by atoms with E-state index in [2.05, 4.69) is 6.07 Å². The summed E-state index contributed by atoms with van der Waals surface area (Å²) < 4.78 is 0. The maximum absolute atomic E-state index is 11.9. The number of fused-ring (bicyclic) bond motifs is 1. The van der Waals surface area contributed by atoms with Gasteiger partial charge in [-0.2, -0.15) is 5.26 Å². The second kappa shape index (κ2) is 3.20. The first kappa shape index (κ1) is 10.4. The minimum absolute atomic E-state index is 0.306. The van der Waals surface area contributed by atoms with Crippen molar-refractivity contribution in [3.05, 3.63) is 11.6 Å². The standard InChI is InChI=1S/C13H17NO/c1-12(9-14)7-3-4-8-13(2)10(12)5-6-11(13)15/h5H,3-4,6-8H2,1-2H3. The molecule has 0 amide bonds. The van der Waals surface area contributed by atoms with Gasteiger partial charge in [-0.3, -0.25) is 4.79 Å². The van der Waals surface area contributed by atoms with E-state index in [-0.39, 0.29) is 5.41 Å². The Morgan fingerprint density at radius 2 is 2.00 bits per heavy atom. The Morgan fingerprint density at radius 3 is 2.67 bits per heavy atom. The first-order valence-corrected chi connectivity index (χ1v) is 5.69. The van der Waals surface area contributed by atoms with Crippen molar-refractivity contribution in [2.24, 2.45) is 10.8 Å². The molecule has 2 rings (SSSR count). The Kier molecular flexibility index (Phi) is 2.22. The van der Waals surface area contributed by atoms with Gasteiger partial charge in [0, 0.05) is 11.8 Å². The third-order valence-corrected chi connectivity index (χ3v) is 4.15. The molecular formula is C13H17NO. The number of nitrogens with zero attached hydrogens (tertiary/aromatic N) is 1. The number of ketones is 1. The summed E-state index contributed by atoms with van der Waals surface area (Å²) in [4.78, 5) is 11.9. The molecule has 1 saturated carbocycles. The first-order valence-electron chi connectivity index (χ1n) is 5.69. The molecule has 2 aliphatic carbocycles. The number of hydrogen-bond donors (Lipinski definition) is 0. The summed E-state index contributed by atoms with van der Waals surface area (Å²) in [6.07, 6.45) is 6.49. The summed E-state index contributed by atoms with van der Waals surface area (Å²) in [5.41, 5.74) is 0.360. The molecule has 2 atom stereocenters. The molecule has 0 aromatic rings. The third-order valence-electron chi connectivity index (χ3n) is 4.15. The van der Waals surface area contributed by atoms with Crippen LogP contribution in [0.15, 0.2) is 11.6 Å². The van der Waals surface area contributed by atoms with E-state index >= 15 is 0 Å². The minimum Gasteiger partial charge on any atom is -0.298 e. The summed E-state index contributed by atoms with van der Waals surface area (Å²) in [7, 11) is 0. The molecule has 0 heterocycles. The van der Waals surface area contributed by atoms with E-state index in [9.17, 15) is 10.1 Å². The largest absolute Gasteiger partial charge is 0.298 e. The van der Waals surface area contributed by atoms with Gasteiger partial charge in [0.2, 0.25) is 0 Å². The van der Waals surface area contributed by atoms with Gasteiger partial charge < -0.3 is 0 Å². The topological polar surface area (TPSA) is 40.9 Å². The zero-order chi connectivity index (χ0) is 11.1.